The summed E-state index contributed by atoms with van der Waals surface area (Å²) in [4.78, 5) is 0. The second kappa shape index (κ2) is 7.42. The van der Waals surface area contributed by atoms with Crippen LogP contribution in [0, 0.1) is 11.8 Å². The molecule has 108 valence electrons. The molecular weight excluding hydrogens is 232 g/mol. The molecule has 0 aromatic rings. The molecular formula is C15H29F2N. The van der Waals surface area contributed by atoms with Crippen LogP contribution in [0.3, 0.4) is 0 Å². The fraction of sp³-hybridized carbons (Fsp3) is 1.00. The summed E-state index contributed by atoms with van der Waals surface area (Å²) in [5, 5.41) is 3.54. The molecule has 2 atom stereocenters. The van der Waals surface area contributed by atoms with Gasteiger partial charge < -0.3 is 5.32 Å². The Hall–Kier alpha value is -0.180. The average molecular weight is 261 g/mol. The van der Waals surface area contributed by atoms with Crippen molar-refractivity contribution in [3.63, 3.8) is 0 Å². The van der Waals surface area contributed by atoms with Gasteiger partial charge in [-0.15, -0.1) is 0 Å². The van der Waals surface area contributed by atoms with Gasteiger partial charge in [0.1, 0.15) is 0 Å². The highest BCUT2D eigenvalue weighted by Gasteiger charge is 2.36. The highest BCUT2D eigenvalue weighted by Crippen LogP contribution is 2.38. The van der Waals surface area contributed by atoms with Crippen molar-refractivity contribution in [3.05, 3.63) is 0 Å². The molecule has 2 unspecified atom stereocenters. The molecule has 0 heterocycles. The predicted octanol–water partition coefficient (Wildman–Crippen LogP) is 4.62. The zero-order valence-corrected chi connectivity index (χ0v) is 12.1. The minimum absolute atomic E-state index is 0.102. The van der Waals surface area contributed by atoms with Gasteiger partial charge in [-0.1, -0.05) is 27.2 Å². The quantitative estimate of drug-likeness (QED) is 0.705. The maximum absolute atomic E-state index is 13.3. The number of alkyl halides is 2. The zero-order valence-electron chi connectivity index (χ0n) is 12.1. The smallest absolute Gasteiger partial charge is 0.248 e. The Morgan fingerprint density at radius 2 is 2.06 bits per heavy atom. The molecule has 18 heavy (non-hydrogen) atoms. The van der Waals surface area contributed by atoms with Crippen molar-refractivity contribution in [1.29, 1.82) is 0 Å². The van der Waals surface area contributed by atoms with E-state index in [4.69, 9.17) is 0 Å². The van der Waals surface area contributed by atoms with Crippen molar-refractivity contribution in [3.8, 4) is 0 Å². The third-order valence-electron chi connectivity index (χ3n) is 4.09. The molecule has 0 aliphatic heterocycles. The van der Waals surface area contributed by atoms with Crippen molar-refractivity contribution >= 4 is 0 Å². The lowest BCUT2D eigenvalue weighted by Gasteiger charge is -2.31. The molecule has 0 aromatic carbocycles. The van der Waals surface area contributed by atoms with Crippen LogP contribution < -0.4 is 5.32 Å². The summed E-state index contributed by atoms with van der Waals surface area (Å²) in [5.74, 6) is -1.58. The summed E-state index contributed by atoms with van der Waals surface area (Å²) in [6.07, 6.45) is 5.04. The number of hydrogen-bond donors (Lipinski definition) is 1. The van der Waals surface area contributed by atoms with Gasteiger partial charge >= 0.3 is 0 Å². The summed E-state index contributed by atoms with van der Waals surface area (Å²) in [6, 6.07) is 0.487. The third-order valence-corrected chi connectivity index (χ3v) is 4.09. The Bertz CT molecular complexity index is 229. The fourth-order valence-corrected chi connectivity index (χ4v) is 2.94. The van der Waals surface area contributed by atoms with Crippen LogP contribution in [0.2, 0.25) is 0 Å². The number of halogens is 2. The Morgan fingerprint density at radius 3 is 2.61 bits per heavy atom. The second-order valence-corrected chi connectivity index (χ2v) is 6.20. The summed E-state index contributed by atoms with van der Waals surface area (Å²) < 4.78 is 26.6. The van der Waals surface area contributed by atoms with Crippen molar-refractivity contribution in [1.82, 2.24) is 5.32 Å². The van der Waals surface area contributed by atoms with Crippen LogP contribution in [0.15, 0.2) is 0 Å². The maximum atomic E-state index is 13.3. The van der Waals surface area contributed by atoms with E-state index >= 15 is 0 Å². The van der Waals surface area contributed by atoms with E-state index in [0.717, 1.165) is 32.2 Å². The van der Waals surface area contributed by atoms with Crippen molar-refractivity contribution < 1.29 is 8.78 Å². The summed E-state index contributed by atoms with van der Waals surface area (Å²) in [7, 11) is 0. The van der Waals surface area contributed by atoms with Crippen LogP contribution in [0.1, 0.15) is 65.7 Å². The number of hydrogen-bond acceptors (Lipinski definition) is 1. The molecule has 0 spiro atoms. The number of rotatable bonds is 7. The van der Waals surface area contributed by atoms with E-state index < -0.39 is 5.92 Å². The highest BCUT2D eigenvalue weighted by molar-refractivity contribution is 4.80. The molecule has 1 aliphatic carbocycles. The van der Waals surface area contributed by atoms with Gasteiger partial charge in [-0.25, -0.2) is 8.78 Å². The standard InChI is InChI=1S/C15H29F2N/c1-4-10-18-14(12(2)3)8-7-13-6-5-9-15(16,17)11-13/h12-14,18H,4-11H2,1-3H3. The molecule has 0 bridgehead atoms. The molecule has 1 aliphatic rings. The molecule has 0 saturated heterocycles. The van der Waals surface area contributed by atoms with E-state index in [0.29, 0.717) is 18.4 Å². The van der Waals surface area contributed by atoms with Gasteiger partial charge in [-0.3, -0.25) is 0 Å². The lowest BCUT2D eigenvalue weighted by atomic mass is 9.82. The van der Waals surface area contributed by atoms with Crippen LogP contribution >= 0.6 is 0 Å². The average Bonchev–Trinajstić information content (AvgIpc) is 2.27. The molecule has 1 N–H and O–H groups in total. The van der Waals surface area contributed by atoms with Crippen LogP contribution in [-0.2, 0) is 0 Å². The molecule has 1 fully saturated rings. The summed E-state index contributed by atoms with van der Waals surface area (Å²) >= 11 is 0. The van der Waals surface area contributed by atoms with Crippen LogP contribution in [0.4, 0.5) is 8.78 Å². The first-order valence-corrected chi connectivity index (χ1v) is 7.56. The van der Waals surface area contributed by atoms with E-state index in [1.165, 1.54) is 0 Å². The van der Waals surface area contributed by atoms with Crippen LogP contribution in [-0.4, -0.2) is 18.5 Å². The Kier molecular flexibility index (Phi) is 6.54. The van der Waals surface area contributed by atoms with Crippen molar-refractivity contribution in [2.45, 2.75) is 77.7 Å². The topological polar surface area (TPSA) is 12.0 Å². The highest BCUT2D eigenvalue weighted by atomic mass is 19.3. The van der Waals surface area contributed by atoms with Gasteiger partial charge in [0.15, 0.2) is 0 Å². The minimum atomic E-state index is -2.40. The van der Waals surface area contributed by atoms with Crippen LogP contribution in [0.25, 0.3) is 0 Å². The fourth-order valence-electron chi connectivity index (χ4n) is 2.94. The molecule has 0 radical (unpaired) electrons. The van der Waals surface area contributed by atoms with E-state index in [1.54, 1.807) is 0 Å². The molecule has 3 heteroatoms. The molecule has 1 saturated carbocycles. The van der Waals surface area contributed by atoms with Crippen LogP contribution in [0.5, 0.6) is 0 Å². The molecule has 1 nitrogen and oxygen atoms in total. The van der Waals surface area contributed by atoms with E-state index in [-0.39, 0.29) is 18.8 Å². The monoisotopic (exact) mass is 261 g/mol. The largest absolute Gasteiger partial charge is 0.314 e. The SMILES string of the molecule is CCCNC(CCC1CCCC(F)(F)C1)C(C)C. The Labute approximate surface area is 111 Å². The summed E-state index contributed by atoms with van der Waals surface area (Å²) in [5.41, 5.74) is 0. The van der Waals surface area contributed by atoms with Crippen molar-refractivity contribution in [2.75, 3.05) is 6.54 Å². The second-order valence-electron chi connectivity index (χ2n) is 6.20. The van der Waals surface area contributed by atoms with E-state index in [2.05, 4.69) is 26.1 Å². The van der Waals surface area contributed by atoms with Gasteiger partial charge in [0.2, 0.25) is 5.92 Å². The first-order chi connectivity index (χ1) is 8.44. The first-order valence-electron chi connectivity index (χ1n) is 7.56. The maximum Gasteiger partial charge on any atom is 0.248 e. The van der Waals surface area contributed by atoms with E-state index in [9.17, 15) is 8.78 Å². The Balaban J connectivity index is 2.32. The lowest BCUT2D eigenvalue weighted by Crippen LogP contribution is -2.35. The van der Waals surface area contributed by atoms with Gasteiger partial charge in [-0.2, -0.15) is 0 Å². The Morgan fingerprint density at radius 1 is 1.33 bits per heavy atom. The molecule has 0 aromatic heterocycles. The number of nitrogens with one attached hydrogen (secondary N) is 1. The van der Waals surface area contributed by atoms with Gasteiger partial charge in [0, 0.05) is 18.9 Å². The normalized spacial score (nSPS) is 25.3. The van der Waals surface area contributed by atoms with Gasteiger partial charge in [0.05, 0.1) is 0 Å². The first kappa shape index (κ1) is 15.9. The molecule has 0 amide bonds. The van der Waals surface area contributed by atoms with Gasteiger partial charge in [-0.05, 0) is 44.1 Å². The zero-order chi connectivity index (χ0) is 13.6. The third kappa shape index (κ3) is 5.64. The molecule has 1 rings (SSSR count). The van der Waals surface area contributed by atoms with Gasteiger partial charge in [0.25, 0.3) is 0 Å². The van der Waals surface area contributed by atoms with E-state index in [1.807, 2.05) is 0 Å². The lowest BCUT2D eigenvalue weighted by molar-refractivity contribution is -0.0541. The van der Waals surface area contributed by atoms with Crippen molar-refractivity contribution in [2.24, 2.45) is 11.8 Å². The minimum Gasteiger partial charge on any atom is -0.314 e. The predicted molar refractivity (Wildman–Crippen MR) is 73.1 cm³/mol. The summed E-state index contributed by atoms with van der Waals surface area (Å²) in [6.45, 7) is 7.61.